The molecule has 1 aromatic carbocycles. The van der Waals surface area contributed by atoms with Crippen molar-refractivity contribution >= 4 is 23.2 Å². The van der Waals surface area contributed by atoms with Crippen LogP contribution in [-0.2, 0) is 12.6 Å². The van der Waals surface area contributed by atoms with Crippen molar-refractivity contribution in [3.63, 3.8) is 0 Å². The topological polar surface area (TPSA) is 25.2 Å². The Morgan fingerprint density at radius 1 is 1.22 bits per heavy atom. The van der Waals surface area contributed by atoms with Gasteiger partial charge in [-0.05, 0) is 36.6 Å². The van der Waals surface area contributed by atoms with E-state index in [0.717, 1.165) is 40.6 Å². The highest BCUT2D eigenvalue weighted by Gasteiger charge is 2.33. The predicted octanol–water partition coefficient (Wildman–Crippen LogP) is 6.55. The number of benzene rings is 1. The Kier molecular flexibility index (Phi) is 5.94. The molecule has 0 spiro atoms. The van der Waals surface area contributed by atoms with Crippen LogP contribution in [0.5, 0.6) is 0 Å². The molecule has 0 N–H and O–H groups in total. The number of nitrogens with zero attached hydrogens (tertiary/aromatic N) is 2. The first-order chi connectivity index (χ1) is 12.8. The Morgan fingerprint density at radius 3 is 2.63 bits per heavy atom. The average molecular weight is 392 g/mol. The number of pyridine rings is 1. The number of thioether (sulfide) groups is 1. The van der Waals surface area contributed by atoms with Gasteiger partial charge in [-0.3, -0.25) is 9.98 Å². The first-order valence-electron chi connectivity index (χ1n) is 9.18. The highest BCUT2D eigenvalue weighted by molar-refractivity contribution is 7.99. The van der Waals surface area contributed by atoms with E-state index < -0.39 is 11.7 Å². The van der Waals surface area contributed by atoms with Crippen LogP contribution in [0.2, 0.25) is 0 Å². The van der Waals surface area contributed by atoms with Gasteiger partial charge in [0.1, 0.15) is 0 Å². The minimum absolute atomic E-state index is 0.173. The molecule has 1 unspecified atom stereocenters. The van der Waals surface area contributed by atoms with E-state index in [1.165, 1.54) is 0 Å². The smallest absolute Gasteiger partial charge is 0.258 e. The summed E-state index contributed by atoms with van der Waals surface area (Å²) in [6.07, 6.45) is -2.04. The second-order valence-corrected chi connectivity index (χ2v) is 8.31. The van der Waals surface area contributed by atoms with Crippen molar-refractivity contribution < 1.29 is 13.2 Å². The molecule has 1 aromatic heterocycles. The molecule has 0 amide bonds. The van der Waals surface area contributed by atoms with Crippen LogP contribution in [0.4, 0.5) is 18.9 Å². The predicted molar refractivity (Wildman–Crippen MR) is 105 cm³/mol. The van der Waals surface area contributed by atoms with Gasteiger partial charge in [0.2, 0.25) is 0 Å². The number of hydrogen-bond acceptors (Lipinski definition) is 3. The van der Waals surface area contributed by atoms with Crippen molar-refractivity contribution in [3.05, 3.63) is 53.3 Å². The molecular weight excluding hydrogens is 369 g/mol. The first-order valence-corrected chi connectivity index (χ1v) is 10.2. The standard InChI is InChI=1S/C21H23F3N2S/c1-4-27-19-8-6-5-7-16(19)20-15(13(2)3)9-10-17-18(26-20)11-14(12-25-17)21(22,23)24/h5-8,11-13,15H,4,9-10H2,1-3H3. The van der Waals surface area contributed by atoms with Crippen molar-refractivity contribution in [1.82, 2.24) is 4.98 Å². The number of aryl methyl sites for hydroxylation is 1. The van der Waals surface area contributed by atoms with Crippen molar-refractivity contribution in [3.8, 4) is 0 Å². The number of aromatic nitrogens is 1. The molecule has 0 fully saturated rings. The fraction of sp³-hybridized carbons (Fsp3) is 0.429. The Morgan fingerprint density at radius 2 is 1.96 bits per heavy atom. The highest BCUT2D eigenvalue weighted by atomic mass is 32.2. The Hall–Kier alpha value is -1.82. The van der Waals surface area contributed by atoms with Crippen LogP contribution in [0.1, 0.15) is 44.0 Å². The van der Waals surface area contributed by atoms with Crippen molar-refractivity contribution in [2.75, 3.05) is 5.75 Å². The summed E-state index contributed by atoms with van der Waals surface area (Å²) in [6, 6.07) is 9.17. The molecule has 2 aromatic rings. The lowest BCUT2D eigenvalue weighted by Crippen LogP contribution is -2.21. The van der Waals surface area contributed by atoms with Gasteiger partial charge in [-0.15, -0.1) is 11.8 Å². The van der Waals surface area contributed by atoms with Crippen molar-refractivity contribution in [1.29, 1.82) is 0 Å². The Labute approximate surface area is 162 Å². The third-order valence-electron chi connectivity index (χ3n) is 4.83. The third-order valence-corrected chi connectivity index (χ3v) is 5.78. The molecule has 1 atom stereocenters. The number of aliphatic imine (C=N–C) groups is 1. The number of hydrogen-bond donors (Lipinski definition) is 0. The van der Waals surface area contributed by atoms with Gasteiger partial charge in [0.25, 0.3) is 0 Å². The molecular formula is C21H23F3N2S. The molecule has 27 heavy (non-hydrogen) atoms. The van der Waals surface area contributed by atoms with Gasteiger partial charge < -0.3 is 0 Å². The second kappa shape index (κ2) is 8.05. The quantitative estimate of drug-likeness (QED) is 0.551. The molecule has 3 rings (SSSR count). The van der Waals surface area contributed by atoms with E-state index >= 15 is 0 Å². The zero-order valence-corrected chi connectivity index (χ0v) is 16.5. The summed E-state index contributed by atoms with van der Waals surface area (Å²) in [5.41, 5.74) is 2.14. The Bertz CT molecular complexity index is 844. The molecule has 0 bridgehead atoms. The van der Waals surface area contributed by atoms with Crippen LogP contribution >= 0.6 is 11.8 Å². The SMILES string of the molecule is CCSc1ccccc1C1=Nc2cc(C(F)(F)F)cnc2CCC1C(C)C. The number of halogens is 3. The molecule has 6 heteroatoms. The van der Waals surface area contributed by atoms with Crippen molar-refractivity contribution in [2.45, 2.75) is 44.7 Å². The van der Waals surface area contributed by atoms with Gasteiger partial charge in [-0.1, -0.05) is 39.0 Å². The van der Waals surface area contributed by atoms with Crippen LogP contribution < -0.4 is 0 Å². The summed E-state index contributed by atoms with van der Waals surface area (Å²) in [6.45, 7) is 6.37. The maximum Gasteiger partial charge on any atom is 0.417 e. The lowest BCUT2D eigenvalue weighted by molar-refractivity contribution is -0.137. The zero-order chi connectivity index (χ0) is 19.6. The number of fused-ring (bicyclic) bond motifs is 1. The summed E-state index contributed by atoms with van der Waals surface area (Å²) >= 11 is 1.73. The second-order valence-electron chi connectivity index (χ2n) is 7.00. The summed E-state index contributed by atoms with van der Waals surface area (Å²) in [5, 5.41) is 0. The molecule has 1 aliphatic heterocycles. The van der Waals surface area contributed by atoms with Gasteiger partial charge in [-0.25, -0.2) is 0 Å². The van der Waals surface area contributed by atoms with Gasteiger partial charge in [-0.2, -0.15) is 13.2 Å². The lowest BCUT2D eigenvalue weighted by atomic mass is 9.84. The largest absolute Gasteiger partial charge is 0.417 e. The number of rotatable bonds is 4. The fourth-order valence-corrected chi connectivity index (χ4v) is 4.25. The molecule has 144 valence electrons. The lowest BCUT2D eigenvalue weighted by Gasteiger charge is -2.23. The molecule has 0 saturated heterocycles. The minimum Gasteiger partial charge on any atom is -0.258 e. The van der Waals surface area contributed by atoms with Crippen LogP contribution in [0.25, 0.3) is 0 Å². The summed E-state index contributed by atoms with van der Waals surface area (Å²) in [7, 11) is 0. The zero-order valence-electron chi connectivity index (χ0n) is 15.7. The normalized spacial score (nSPS) is 17.4. The van der Waals surface area contributed by atoms with Gasteiger partial charge in [0, 0.05) is 22.6 Å². The van der Waals surface area contributed by atoms with E-state index in [9.17, 15) is 13.2 Å². The third kappa shape index (κ3) is 4.37. The fourth-order valence-electron chi connectivity index (χ4n) is 3.44. The summed E-state index contributed by atoms with van der Waals surface area (Å²) in [5.74, 6) is 1.43. The first kappa shape index (κ1) is 19.9. The Balaban J connectivity index is 2.17. The van der Waals surface area contributed by atoms with E-state index in [1.807, 2.05) is 18.2 Å². The molecule has 1 aliphatic rings. The maximum atomic E-state index is 13.2. The molecule has 2 heterocycles. The van der Waals surface area contributed by atoms with Crippen LogP contribution in [-0.4, -0.2) is 16.4 Å². The summed E-state index contributed by atoms with van der Waals surface area (Å²) < 4.78 is 39.5. The van der Waals surface area contributed by atoms with Crippen molar-refractivity contribution in [2.24, 2.45) is 16.8 Å². The molecule has 0 saturated carbocycles. The highest BCUT2D eigenvalue weighted by Crippen LogP contribution is 2.37. The van der Waals surface area contributed by atoms with E-state index in [-0.39, 0.29) is 5.92 Å². The molecule has 2 nitrogen and oxygen atoms in total. The van der Waals surface area contributed by atoms with Gasteiger partial charge in [0.05, 0.1) is 22.7 Å². The monoisotopic (exact) mass is 392 g/mol. The summed E-state index contributed by atoms with van der Waals surface area (Å²) in [4.78, 5) is 9.98. The molecule has 0 aliphatic carbocycles. The van der Waals surface area contributed by atoms with Crippen LogP contribution in [0.3, 0.4) is 0 Å². The average Bonchev–Trinajstić information content (AvgIpc) is 2.80. The minimum atomic E-state index is -4.42. The maximum absolute atomic E-state index is 13.2. The van der Waals surface area contributed by atoms with E-state index in [2.05, 4.69) is 31.8 Å². The van der Waals surface area contributed by atoms with Gasteiger partial charge >= 0.3 is 6.18 Å². The van der Waals surface area contributed by atoms with Crippen LogP contribution in [0, 0.1) is 11.8 Å². The van der Waals surface area contributed by atoms with E-state index in [1.54, 1.807) is 11.8 Å². The molecule has 0 radical (unpaired) electrons. The van der Waals surface area contributed by atoms with E-state index in [0.29, 0.717) is 23.7 Å². The van der Waals surface area contributed by atoms with E-state index in [4.69, 9.17) is 4.99 Å². The van der Waals surface area contributed by atoms with Crippen LogP contribution in [0.15, 0.2) is 46.4 Å². The number of alkyl halides is 3. The van der Waals surface area contributed by atoms with Gasteiger partial charge in [0.15, 0.2) is 0 Å².